The van der Waals surface area contributed by atoms with E-state index in [0.29, 0.717) is 16.5 Å². The molecule has 2 heterocycles. The maximum atomic E-state index is 13.3. The van der Waals surface area contributed by atoms with Gasteiger partial charge < -0.3 is 15.2 Å². The third-order valence-corrected chi connectivity index (χ3v) is 5.08. The molecule has 0 spiro atoms. The van der Waals surface area contributed by atoms with Gasteiger partial charge in [-0.15, -0.1) is 0 Å². The number of amides is 1. The van der Waals surface area contributed by atoms with Crippen LogP contribution in [0.4, 0.5) is 0 Å². The summed E-state index contributed by atoms with van der Waals surface area (Å²) in [6, 6.07) is 16.9. The van der Waals surface area contributed by atoms with E-state index < -0.39 is 17.2 Å². The summed E-state index contributed by atoms with van der Waals surface area (Å²) in [7, 11) is 1.54. The summed E-state index contributed by atoms with van der Waals surface area (Å²) in [5.41, 5.74) is 0.494. The van der Waals surface area contributed by atoms with Gasteiger partial charge in [0.05, 0.1) is 18.2 Å². The number of hydrogen-bond donors (Lipinski definition) is 2. The highest BCUT2D eigenvalue weighted by Crippen LogP contribution is 2.27. The summed E-state index contributed by atoms with van der Waals surface area (Å²) in [5.74, 6) is -0.481. The topological polar surface area (TPSA) is 93.5 Å². The molecule has 2 aromatic carbocycles. The van der Waals surface area contributed by atoms with Crippen molar-refractivity contribution in [3.63, 3.8) is 0 Å². The Kier molecular flexibility index (Phi) is 5.60. The number of benzene rings is 2. The third-order valence-electron chi connectivity index (χ3n) is 4.83. The van der Waals surface area contributed by atoms with Crippen LogP contribution in [-0.2, 0) is 6.54 Å². The molecular formula is C23H18ClN3O4. The zero-order chi connectivity index (χ0) is 22.0. The Morgan fingerprint density at radius 1 is 1.13 bits per heavy atom. The number of nitrogens with one attached hydrogen (secondary N) is 1. The van der Waals surface area contributed by atoms with E-state index in [9.17, 15) is 14.7 Å². The average molecular weight is 436 g/mol. The van der Waals surface area contributed by atoms with Crippen LogP contribution in [0.1, 0.15) is 15.9 Å². The number of carbonyl (C=O) groups is 1. The van der Waals surface area contributed by atoms with Gasteiger partial charge in [0.15, 0.2) is 5.65 Å². The third kappa shape index (κ3) is 3.95. The first-order valence-electron chi connectivity index (χ1n) is 9.39. The van der Waals surface area contributed by atoms with Crippen LogP contribution in [0.5, 0.6) is 11.5 Å². The quantitative estimate of drug-likeness (QED) is 0.498. The molecule has 0 aliphatic carbocycles. The first-order valence-corrected chi connectivity index (χ1v) is 9.77. The van der Waals surface area contributed by atoms with Gasteiger partial charge in [-0.2, -0.15) is 0 Å². The number of hydrogen-bond acceptors (Lipinski definition) is 5. The Labute approximate surface area is 182 Å². The van der Waals surface area contributed by atoms with Crippen LogP contribution in [-0.4, -0.2) is 27.7 Å². The van der Waals surface area contributed by atoms with E-state index in [0.717, 1.165) is 5.56 Å². The summed E-state index contributed by atoms with van der Waals surface area (Å²) < 4.78 is 6.47. The number of ether oxygens (including phenoxy) is 1. The van der Waals surface area contributed by atoms with E-state index in [1.54, 1.807) is 67.8 Å². The molecule has 0 saturated carbocycles. The van der Waals surface area contributed by atoms with Gasteiger partial charge in [-0.05, 0) is 54.1 Å². The van der Waals surface area contributed by atoms with Crippen molar-refractivity contribution in [3.8, 4) is 17.2 Å². The predicted molar refractivity (Wildman–Crippen MR) is 118 cm³/mol. The Hall–Kier alpha value is -3.84. The normalized spacial score (nSPS) is 10.8. The molecule has 1 amide bonds. The molecule has 156 valence electrons. The predicted octanol–water partition coefficient (Wildman–Crippen LogP) is 3.68. The lowest BCUT2D eigenvalue weighted by Gasteiger charge is -2.14. The zero-order valence-corrected chi connectivity index (χ0v) is 17.3. The monoisotopic (exact) mass is 435 g/mol. The van der Waals surface area contributed by atoms with E-state index in [1.807, 2.05) is 0 Å². The summed E-state index contributed by atoms with van der Waals surface area (Å²) in [6.45, 7) is 0.169. The van der Waals surface area contributed by atoms with Gasteiger partial charge in [0.2, 0.25) is 0 Å². The number of nitrogens with zero attached hydrogens (tertiary/aromatic N) is 2. The first kappa shape index (κ1) is 20.4. The van der Waals surface area contributed by atoms with Crippen LogP contribution in [0.15, 0.2) is 71.7 Å². The minimum atomic E-state index is -0.689. The van der Waals surface area contributed by atoms with Gasteiger partial charge in [-0.25, -0.2) is 4.98 Å². The molecule has 0 unspecified atom stereocenters. The van der Waals surface area contributed by atoms with Crippen LogP contribution in [0.3, 0.4) is 0 Å². The van der Waals surface area contributed by atoms with Crippen LogP contribution in [0.25, 0.3) is 16.7 Å². The number of aromatic hydroxyl groups is 1. The van der Waals surface area contributed by atoms with Crippen molar-refractivity contribution in [3.05, 3.63) is 93.4 Å². The SMILES string of the molecule is COc1ccc(-n2c(=O)c(C(=O)NCc3ccc(Cl)cc3)c(O)c3cccnc32)cc1. The van der Waals surface area contributed by atoms with Crippen molar-refractivity contribution in [2.75, 3.05) is 7.11 Å². The average Bonchev–Trinajstić information content (AvgIpc) is 2.79. The lowest BCUT2D eigenvalue weighted by atomic mass is 10.1. The van der Waals surface area contributed by atoms with E-state index in [-0.39, 0.29) is 23.1 Å². The molecule has 0 bridgehead atoms. The largest absolute Gasteiger partial charge is 0.506 e. The molecule has 0 radical (unpaired) electrons. The second-order valence-electron chi connectivity index (χ2n) is 6.75. The highest BCUT2D eigenvalue weighted by Gasteiger charge is 2.23. The summed E-state index contributed by atoms with van der Waals surface area (Å²) in [5, 5.41) is 14.3. The molecule has 2 aromatic heterocycles. The molecule has 0 aliphatic heterocycles. The molecule has 0 aliphatic rings. The maximum absolute atomic E-state index is 13.3. The molecule has 7 nitrogen and oxygen atoms in total. The molecular weight excluding hydrogens is 418 g/mol. The fraction of sp³-hybridized carbons (Fsp3) is 0.0870. The van der Waals surface area contributed by atoms with E-state index >= 15 is 0 Å². The van der Waals surface area contributed by atoms with E-state index in [1.165, 1.54) is 10.8 Å². The Balaban J connectivity index is 1.80. The van der Waals surface area contributed by atoms with Crippen LogP contribution in [0.2, 0.25) is 5.02 Å². The van der Waals surface area contributed by atoms with Gasteiger partial charge in [-0.1, -0.05) is 23.7 Å². The number of aromatic nitrogens is 2. The van der Waals surface area contributed by atoms with Crippen LogP contribution < -0.4 is 15.6 Å². The standard InChI is InChI=1S/C23H18ClN3O4/c1-31-17-10-8-16(9-11-17)27-21-18(3-2-12-25-21)20(28)19(23(27)30)22(29)26-13-14-4-6-15(24)7-5-14/h2-12,28H,13H2,1H3,(H,26,29). The Morgan fingerprint density at radius 3 is 2.52 bits per heavy atom. The van der Waals surface area contributed by atoms with Crippen molar-refractivity contribution in [1.29, 1.82) is 0 Å². The molecule has 4 rings (SSSR count). The molecule has 31 heavy (non-hydrogen) atoms. The lowest BCUT2D eigenvalue weighted by Crippen LogP contribution is -2.33. The molecule has 2 N–H and O–H groups in total. The molecule has 8 heteroatoms. The minimum Gasteiger partial charge on any atom is -0.506 e. The number of pyridine rings is 2. The number of halogens is 1. The van der Waals surface area contributed by atoms with Crippen molar-refractivity contribution in [2.45, 2.75) is 6.54 Å². The van der Waals surface area contributed by atoms with Gasteiger partial charge in [0.25, 0.3) is 11.5 Å². The van der Waals surface area contributed by atoms with Gasteiger partial charge in [0.1, 0.15) is 17.1 Å². The molecule has 0 fully saturated rings. The fourth-order valence-electron chi connectivity index (χ4n) is 3.25. The smallest absolute Gasteiger partial charge is 0.273 e. The second-order valence-corrected chi connectivity index (χ2v) is 7.18. The summed E-state index contributed by atoms with van der Waals surface area (Å²) in [6.07, 6.45) is 1.52. The Bertz CT molecular complexity index is 1320. The van der Waals surface area contributed by atoms with Crippen molar-refractivity contribution in [2.24, 2.45) is 0 Å². The first-order chi connectivity index (χ1) is 15.0. The lowest BCUT2D eigenvalue weighted by molar-refractivity contribution is 0.0946. The summed E-state index contributed by atoms with van der Waals surface area (Å²) in [4.78, 5) is 30.5. The van der Waals surface area contributed by atoms with Crippen molar-refractivity contribution in [1.82, 2.24) is 14.9 Å². The molecule has 0 saturated heterocycles. The number of methoxy groups -OCH3 is 1. The maximum Gasteiger partial charge on any atom is 0.273 e. The van der Waals surface area contributed by atoms with Crippen molar-refractivity contribution < 1.29 is 14.6 Å². The Morgan fingerprint density at radius 2 is 1.84 bits per heavy atom. The number of carbonyl (C=O) groups excluding carboxylic acids is 1. The number of fused-ring (bicyclic) bond motifs is 1. The minimum absolute atomic E-state index is 0.169. The molecule has 4 aromatic rings. The van der Waals surface area contributed by atoms with Crippen LogP contribution in [0, 0.1) is 0 Å². The second kappa shape index (κ2) is 8.49. The fourth-order valence-corrected chi connectivity index (χ4v) is 3.38. The van der Waals surface area contributed by atoms with Gasteiger partial charge >= 0.3 is 0 Å². The van der Waals surface area contributed by atoms with Gasteiger partial charge in [-0.3, -0.25) is 14.2 Å². The highest BCUT2D eigenvalue weighted by molar-refractivity contribution is 6.30. The van der Waals surface area contributed by atoms with Crippen molar-refractivity contribution >= 4 is 28.5 Å². The van der Waals surface area contributed by atoms with Crippen LogP contribution >= 0.6 is 11.6 Å². The number of rotatable bonds is 5. The summed E-state index contributed by atoms with van der Waals surface area (Å²) >= 11 is 5.88. The van der Waals surface area contributed by atoms with Gasteiger partial charge in [0, 0.05) is 17.8 Å². The highest BCUT2D eigenvalue weighted by atomic mass is 35.5. The van der Waals surface area contributed by atoms with E-state index in [2.05, 4.69) is 10.3 Å². The molecule has 0 atom stereocenters. The van der Waals surface area contributed by atoms with E-state index in [4.69, 9.17) is 16.3 Å². The zero-order valence-electron chi connectivity index (χ0n) is 16.5.